The molecule has 1 amide bonds. The predicted octanol–water partition coefficient (Wildman–Crippen LogP) is 5.35. The number of hydrogen-bond acceptors (Lipinski definition) is 4. The van der Waals surface area contributed by atoms with Crippen LogP contribution in [0.2, 0.25) is 5.02 Å². The highest BCUT2D eigenvalue weighted by atomic mass is 35.5. The summed E-state index contributed by atoms with van der Waals surface area (Å²) in [6.45, 7) is 6.86. The summed E-state index contributed by atoms with van der Waals surface area (Å²) in [5.74, 6) is 0.121. The summed E-state index contributed by atoms with van der Waals surface area (Å²) in [5, 5.41) is 4.07. The fourth-order valence-corrected chi connectivity index (χ4v) is 3.59. The number of amides is 1. The second kappa shape index (κ2) is 7.26. The number of carbonyl (C=O) groups is 1. The summed E-state index contributed by atoms with van der Waals surface area (Å²) in [4.78, 5) is 18.5. The quantitative estimate of drug-likeness (QED) is 0.581. The summed E-state index contributed by atoms with van der Waals surface area (Å²) >= 11 is 5.85. The maximum atomic E-state index is 13.4. The molecular formula is C22H21ClFN3O2. The van der Waals surface area contributed by atoms with Crippen LogP contribution in [0.4, 0.5) is 10.1 Å². The molecule has 5 nitrogen and oxygen atoms in total. The Morgan fingerprint density at radius 2 is 1.90 bits per heavy atom. The van der Waals surface area contributed by atoms with Gasteiger partial charge in [0.15, 0.2) is 5.82 Å². The van der Waals surface area contributed by atoms with Crippen molar-refractivity contribution in [1.29, 1.82) is 0 Å². The Labute approximate surface area is 173 Å². The lowest BCUT2D eigenvalue weighted by Crippen LogP contribution is -2.24. The van der Waals surface area contributed by atoms with Crippen molar-refractivity contribution in [2.75, 3.05) is 11.4 Å². The lowest BCUT2D eigenvalue weighted by molar-refractivity contribution is -0.117. The monoisotopic (exact) mass is 413 g/mol. The van der Waals surface area contributed by atoms with Crippen molar-refractivity contribution >= 4 is 23.2 Å². The van der Waals surface area contributed by atoms with Crippen molar-refractivity contribution in [3.8, 4) is 11.5 Å². The number of aromatic nitrogens is 2. The van der Waals surface area contributed by atoms with E-state index in [9.17, 15) is 9.18 Å². The van der Waals surface area contributed by atoms with E-state index in [1.165, 1.54) is 17.7 Å². The van der Waals surface area contributed by atoms with Crippen molar-refractivity contribution in [3.05, 3.63) is 64.7 Å². The molecule has 1 aliphatic heterocycles. The highest BCUT2D eigenvalue weighted by Crippen LogP contribution is 2.33. The lowest BCUT2D eigenvalue weighted by atomic mass is 9.87. The molecule has 0 bridgehead atoms. The summed E-state index contributed by atoms with van der Waals surface area (Å²) in [6.07, 6.45) is 0.261. The minimum atomic E-state index is -0.515. The van der Waals surface area contributed by atoms with E-state index in [2.05, 4.69) is 43.0 Å². The largest absolute Gasteiger partial charge is 0.334 e. The van der Waals surface area contributed by atoms with Crippen LogP contribution in [0.25, 0.3) is 11.5 Å². The number of carbonyl (C=O) groups excluding carboxylic acids is 1. The Bertz CT molecular complexity index is 1060. The van der Waals surface area contributed by atoms with E-state index >= 15 is 0 Å². The van der Waals surface area contributed by atoms with Crippen LogP contribution in [-0.4, -0.2) is 22.6 Å². The van der Waals surface area contributed by atoms with Gasteiger partial charge in [0.2, 0.25) is 5.91 Å². The van der Waals surface area contributed by atoms with Gasteiger partial charge in [-0.3, -0.25) is 4.79 Å². The first kappa shape index (κ1) is 19.6. The maximum absolute atomic E-state index is 13.4. The van der Waals surface area contributed by atoms with Gasteiger partial charge in [-0.25, -0.2) is 4.39 Å². The number of benzene rings is 2. The number of halogens is 2. The Morgan fingerprint density at radius 1 is 1.17 bits per heavy atom. The average Bonchev–Trinajstić information content (AvgIpc) is 3.30. The molecule has 7 heteroatoms. The van der Waals surface area contributed by atoms with Gasteiger partial charge in [0.25, 0.3) is 5.89 Å². The Balaban J connectivity index is 1.52. The van der Waals surface area contributed by atoms with E-state index in [1.807, 2.05) is 12.1 Å². The van der Waals surface area contributed by atoms with Gasteiger partial charge in [0.1, 0.15) is 5.82 Å². The molecule has 2 aromatic carbocycles. The van der Waals surface area contributed by atoms with E-state index in [0.29, 0.717) is 23.9 Å². The summed E-state index contributed by atoms with van der Waals surface area (Å²) < 4.78 is 18.8. The zero-order valence-electron chi connectivity index (χ0n) is 16.4. The van der Waals surface area contributed by atoms with Gasteiger partial charge < -0.3 is 9.42 Å². The van der Waals surface area contributed by atoms with Crippen molar-refractivity contribution in [1.82, 2.24) is 10.1 Å². The molecule has 0 spiro atoms. The van der Waals surface area contributed by atoms with Crippen LogP contribution in [0.5, 0.6) is 0 Å². The molecule has 1 aromatic heterocycles. The van der Waals surface area contributed by atoms with E-state index in [1.54, 1.807) is 11.0 Å². The minimum absolute atomic E-state index is 0.0145. The number of hydrogen-bond donors (Lipinski definition) is 0. The highest BCUT2D eigenvalue weighted by Gasteiger charge is 2.35. The van der Waals surface area contributed by atoms with Gasteiger partial charge >= 0.3 is 0 Å². The van der Waals surface area contributed by atoms with Gasteiger partial charge in [-0.2, -0.15) is 4.98 Å². The SMILES string of the molecule is CC(C)(C)c1ccc(-c2nc([C@H]3CC(=O)N(c4ccc(F)c(Cl)c4)C3)no2)cc1. The van der Waals surface area contributed by atoms with Crippen LogP contribution in [0.1, 0.15) is 44.5 Å². The molecule has 2 heterocycles. The Hall–Kier alpha value is -2.73. The van der Waals surface area contributed by atoms with Gasteiger partial charge in [0, 0.05) is 30.1 Å². The highest BCUT2D eigenvalue weighted by molar-refractivity contribution is 6.31. The summed E-state index contributed by atoms with van der Waals surface area (Å²) in [6, 6.07) is 12.3. The maximum Gasteiger partial charge on any atom is 0.257 e. The third kappa shape index (κ3) is 3.90. The Morgan fingerprint density at radius 3 is 2.55 bits per heavy atom. The van der Waals surface area contributed by atoms with Crippen molar-refractivity contribution in [3.63, 3.8) is 0 Å². The molecule has 1 aliphatic rings. The first-order chi connectivity index (χ1) is 13.7. The topological polar surface area (TPSA) is 59.2 Å². The van der Waals surface area contributed by atoms with E-state index in [4.69, 9.17) is 16.1 Å². The smallest absolute Gasteiger partial charge is 0.257 e. The van der Waals surface area contributed by atoms with Crippen LogP contribution in [0.15, 0.2) is 47.0 Å². The average molecular weight is 414 g/mol. The molecule has 29 heavy (non-hydrogen) atoms. The van der Waals surface area contributed by atoms with E-state index in [0.717, 1.165) is 5.56 Å². The van der Waals surface area contributed by atoms with Gasteiger partial charge in [-0.05, 0) is 41.3 Å². The van der Waals surface area contributed by atoms with Crippen LogP contribution in [0, 0.1) is 5.82 Å². The Kier molecular flexibility index (Phi) is 4.90. The van der Waals surface area contributed by atoms with Crippen molar-refractivity contribution in [2.24, 2.45) is 0 Å². The van der Waals surface area contributed by atoms with Crippen LogP contribution in [-0.2, 0) is 10.2 Å². The molecule has 0 saturated carbocycles. The molecule has 1 atom stereocenters. The van der Waals surface area contributed by atoms with Crippen molar-refractivity contribution in [2.45, 2.75) is 38.5 Å². The second-order valence-electron chi connectivity index (χ2n) is 8.29. The summed E-state index contributed by atoms with van der Waals surface area (Å²) in [7, 11) is 0. The van der Waals surface area contributed by atoms with Crippen LogP contribution >= 0.6 is 11.6 Å². The number of rotatable bonds is 3. The number of anilines is 1. The van der Waals surface area contributed by atoms with Crippen LogP contribution < -0.4 is 4.90 Å². The van der Waals surface area contributed by atoms with Crippen LogP contribution in [0.3, 0.4) is 0 Å². The fraction of sp³-hybridized carbons (Fsp3) is 0.318. The first-order valence-electron chi connectivity index (χ1n) is 9.42. The normalized spacial score (nSPS) is 17.2. The molecule has 0 aliphatic carbocycles. The first-order valence-corrected chi connectivity index (χ1v) is 9.80. The standard InChI is InChI=1S/C22H21ClFN3O2/c1-22(2,3)15-6-4-13(5-7-15)21-25-20(26-29-21)14-10-19(28)27(12-14)16-8-9-18(24)17(23)11-16/h4-9,11,14H,10,12H2,1-3H3/t14-/m0/s1. The molecule has 4 rings (SSSR count). The van der Waals surface area contributed by atoms with E-state index < -0.39 is 5.82 Å². The summed E-state index contributed by atoms with van der Waals surface area (Å²) in [5.41, 5.74) is 2.68. The second-order valence-corrected chi connectivity index (χ2v) is 8.70. The number of nitrogens with zero attached hydrogens (tertiary/aromatic N) is 3. The molecule has 0 N–H and O–H groups in total. The molecule has 0 radical (unpaired) electrons. The minimum Gasteiger partial charge on any atom is -0.334 e. The third-order valence-electron chi connectivity index (χ3n) is 5.14. The molecule has 150 valence electrons. The molecule has 1 saturated heterocycles. The third-order valence-corrected chi connectivity index (χ3v) is 5.43. The van der Waals surface area contributed by atoms with Gasteiger partial charge in [-0.1, -0.05) is 49.7 Å². The molecule has 0 unspecified atom stereocenters. The molecule has 3 aromatic rings. The molecular weight excluding hydrogens is 393 g/mol. The van der Waals surface area contributed by atoms with E-state index in [-0.39, 0.29) is 28.7 Å². The zero-order chi connectivity index (χ0) is 20.8. The lowest BCUT2D eigenvalue weighted by Gasteiger charge is -2.18. The fourth-order valence-electron chi connectivity index (χ4n) is 3.41. The van der Waals surface area contributed by atoms with Crippen molar-refractivity contribution < 1.29 is 13.7 Å². The van der Waals surface area contributed by atoms with Gasteiger partial charge in [0.05, 0.1) is 5.02 Å². The van der Waals surface area contributed by atoms with Gasteiger partial charge in [-0.15, -0.1) is 0 Å². The predicted molar refractivity (Wildman–Crippen MR) is 110 cm³/mol. The molecule has 1 fully saturated rings. The zero-order valence-corrected chi connectivity index (χ0v) is 17.2.